The van der Waals surface area contributed by atoms with Crippen LogP contribution in [0.4, 0.5) is 0 Å². The molecular formula is C20H30N6O. The third kappa shape index (κ3) is 4.24. The van der Waals surface area contributed by atoms with Crippen LogP contribution in [0.3, 0.4) is 0 Å². The molecule has 27 heavy (non-hydrogen) atoms. The van der Waals surface area contributed by atoms with E-state index in [4.69, 9.17) is 0 Å². The van der Waals surface area contributed by atoms with Crippen molar-refractivity contribution >= 4 is 5.91 Å². The van der Waals surface area contributed by atoms with E-state index in [-0.39, 0.29) is 5.91 Å². The van der Waals surface area contributed by atoms with Crippen molar-refractivity contribution in [3.05, 3.63) is 34.9 Å². The fourth-order valence-corrected chi connectivity index (χ4v) is 4.35. The van der Waals surface area contributed by atoms with Crippen molar-refractivity contribution < 1.29 is 4.79 Å². The number of carbonyl (C=O) groups excluding carboxylic acids is 1. The minimum atomic E-state index is 0.0674. The Hall–Kier alpha value is -2.15. The van der Waals surface area contributed by atoms with Gasteiger partial charge in [0.15, 0.2) is 0 Å². The largest absolute Gasteiger partial charge is 0.350 e. The van der Waals surface area contributed by atoms with Crippen LogP contribution in [0.25, 0.3) is 0 Å². The fourth-order valence-electron chi connectivity index (χ4n) is 4.35. The third-order valence-corrected chi connectivity index (χ3v) is 5.87. The van der Waals surface area contributed by atoms with Crippen molar-refractivity contribution in [1.29, 1.82) is 0 Å². The van der Waals surface area contributed by atoms with Crippen LogP contribution < -0.4 is 5.32 Å². The van der Waals surface area contributed by atoms with Gasteiger partial charge in [0.25, 0.3) is 0 Å². The number of aromatic amines is 1. The van der Waals surface area contributed by atoms with Gasteiger partial charge < -0.3 is 5.32 Å². The van der Waals surface area contributed by atoms with Gasteiger partial charge in [-0.15, -0.1) is 0 Å². The van der Waals surface area contributed by atoms with Gasteiger partial charge in [0.05, 0.1) is 30.7 Å². The first kappa shape index (κ1) is 18.2. The minimum Gasteiger partial charge on any atom is -0.350 e. The molecule has 2 aromatic heterocycles. The van der Waals surface area contributed by atoms with E-state index in [9.17, 15) is 4.79 Å². The van der Waals surface area contributed by atoms with E-state index < -0.39 is 0 Å². The van der Waals surface area contributed by atoms with Crippen molar-refractivity contribution in [3.63, 3.8) is 0 Å². The van der Waals surface area contributed by atoms with E-state index in [2.05, 4.69) is 36.3 Å². The van der Waals surface area contributed by atoms with Crippen LogP contribution in [-0.2, 0) is 31.0 Å². The predicted octanol–water partition coefficient (Wildman–Crippen LogP) is 2.70. The van der Waals surface area contributed by atoms with Gasteiger partial charge in [-0.2, -0.15) is 10.2 Å². The third-order valence-electron chi connectivity index (χ3n) is 5.87. The maximum Gasteiger partial charge on any atom is 0.220 e. The molecule has 1 aliphatic heterocycles. The maximum atomic E-state index is 11.5. The van der Waals surface area contributed by atoms with Gasteiger partial charge in [-0.25, -0.2) is 0 Å². The van der Waals surface area contributed by atoms with Gasteiger partial charge in [0, 0.05) is 43.2 Å². The number of nitrogens with zero attached hydrogens (tertiary/aromatic N) is 4. The molecule has 0 spiro atoms. The van der Waals surface area contributed by atoms with Crippen molar-refractivity contribution in [3.8, 4) is 0 Å². The summed E-state index contributed by atoms with van der Waals surface area (Å²) in [4.78, 5) is 13.9. The van der Waals surface area contributed by atoms with Crippen LogP contribution in [0.15, 0.2) is 12.3 Å². The number of carbonyl (C=O) groups is 1. The number of nitrogens with one attached hydrogen (secondary N) is 2. The van der Waals surface area contributed by atoms with Crippen molar-refractivity contribution in [2.24, 2.45) is 0 Å². The highest BCUT2D eigenvalue weighted by molar-refractivity contribution is 5.75. The first-order valence-electron chi connectivity index (χ1n) is 10.3. The second-order valence-corrected chi connectivity index (χ2v) is 7.83. The van der Waals surface area contributed by atoms with E-state index in [1.807, 2.05) is 13.1 Å². The number of amides is 1. The number of H-pyrrole nitrogens is 1. The van der Waals surface area contributed by atoms with Gasteiger partial charge in [-0.05, 0) is 18.9 Å². The molecule has 0 atom stereocenters. The molecule has 4 rings (SSSR count). The second kappa shape index (κ2) is 8.25. The van der Waals surface area contributed by atoms with Gasteiger partial charge in [-0.1, -0.05) is 26.2 Å². The molecule has 7 heteroatoms. The standard InChI is InChI=1S/C20H30N6O/c1-2-19(27)21-12-17-10-18-14-25(8-9-26(18)24-17)13-16-11-22-23-20(16)15-6-4-3-5-7-15/h10-11,15H,2-9,12-14H2,1H3,(H,21,27)(H,22,23). The summed E-state index contributed by atoms with van der Waals surface area (Å²) in [6.07, 6.45) is 9.14. The predicted molar refractivity (Wildman–Crippen MR) is 103 cm³/mol. The highest BCUT2D eigenvalue weighted by atomic mass is 16.1. The molecule has 1 saturated carbocycles. The van der Waals surface area contributed by atoms with Crippen LogP contribution in [0, 0.1) is 0 Å². The molecule has 0 aromatic carbocycles. The van der Waals surface area contributed by atoms with Crippen LogP contribution in [0.1, 0.15) is 74.0 Å². The van der Waals surface area contributed by atoms with Gasteiger partial charge in [0.2, 0.25) is 5.91 Å². The molecule has 2 aliphatic rings. The average Bonchev–Trinajstić information content (AvgIpc) is 3.33. The number of hydrogen-bond donors (Lipinski definition) is 2. The van der Waals surface area contributed by atoms with Gasteiger partial charge in [0.1, 0.15) is 0 Å². The normalized spacial score (nSPS) is 18.4. The Morgan fingerprint density at radius 1 is 1.30 bits per heavy atom. The summed E-state index contributed by atoms with van der Waals surface area (Å²) in [6, 6.07) is 2.12. The highest BCUT2D eigenvalue weighted by Gasteiger charge is 2.23. The molecule has 1 fully saturated rings. The Morgan fingerprint density at radius 3 is 2.96 bits per heavy atom. The van der Waals surface area contributed by atoms with Crippen LogP contribution in [-0.4, -0.2) is 37.3 Å². The summed E-state index contributed by atoms with van der Waals surface area (Å²) in [5.41, 5.74) is 4.88. The van der Waals surface area contributed by atoms with Crippen molar-refractivity contribution in [2.45, 2.75) is 77.5 Å². The monoisotopic (exact) mass is 370 g/mol. The molecule has 2 aromatic rings. The Bertz CT molecular complexity index is 773. The number of fused-ring (bicyclic) bond motifs is 1. The van der Waals surface area contributed by atoms with Crippen molar-refractivity contribution in [2.75, 3.05) is 6.54 Å². The van der Waals surface area contributed by atoms with Gasteiger partial charge in [-0.3, -0.25) is 19.5 Å². The highest BCUT2D eigenvalue weighted by Crippen LogP contribution is 2.33. The summed E-state index contributed by atoms with van der Waals surface area (Å²) in [5.74, 6) is 0.721. The number of rotatable bonds is 6. The summed E-state index contributed by atoms with van der Waals surface area (Å²) >= 11 is 0. The first-order valence-corrected chi connectivity index (χ1v) is 10.3. The molecule has 7 nitrogen and oxygen atoms in total. The molecule has 1 aliphatic carbocycles. The van der Waals surface area contributed by atoms with E-state index in [0.29, 0.717) is 18.9 Å². The lowest BCUT2D eigenvalue weighted by Crippen LogP contribution is -2.33. The van der Waals surface area contributed by atoms with Gasteiger partial charge >= 0.3 is 0 Å². The lowest BCUT2D eigenvalue weighted by molar-refractivity contribution is -0.120. The maximum absolute atomic E-state index is 11.5. The molecule has 2 N–H and O–H groups in total. The number of aromatic nitrogens is 4. The first-order chi connectivity index (χ1) is 13.2. The molecular weight excluding hydrogens is 340 g/mol. The average molecular weight is 371 g/mol. The van der Waals surface area contributed by atoms with Crippen LogP contribution in [0.5, 0.6) is 0 Å². The smallest absolute Gasteiger partial charge is 0.220 e. The van der Waals surface area contributed by atoms with E-state index in [1.54, 1.807) is 0 Å². The zero-order valence-electron chi connectivity index (χ0n) is 16.2. The zero-order chi connectivity index (χ0) is 18.6. The molecule has 0 bridgehead atoms. The molecule has 0 unspecified atom stereocenters. The lowest BCUT2D eigenvalue weighted by atomic mass is 9.85. The lowest BCUT2D eigenvalue weighted by Gasteiger charge is -2.28. The quantitative estimate of drug-likeness (QED) is 0.819. The summed E-state index contributed by atoms with van der Waals surface area (Å²) in [7, 11) is 0. The Kier molecular flexibility index (Phi) is 5.57. The molecule has 0 radical (unpaired) electrons. The Labute approximate surface area is 160 Å². The van der Waals surface area contributed by atoms with Crippen LogP contribution in [0.2, 0.25) is 0 Å². The summed E-state index contributed by atoms with van der Waals surface area (Å²) in [5, 5.41) is 15.2. The summed E-state index contributed by atoms with van der Waals surface area (Å²) in [6.45, 7) is 6.10. The number of hydrogen-bond acceptors (Lipinski definition) is 4. The molecule has 1 amide bonds. The Morgan fingerprint density at radius 2 is 2.15 bits per heavy atom. The molecule has 3 heterocycles. The summed E-state index contributed by atoms with van der Waals surface area (Å²) < 4.78 is 2.08. The molecule has 0 saturated heterocycles. The van der Waals surface area contributed by atoms with E-state index in [1.165, 1.54) is 49.1 Å². The fraction of sp³-hybridized carbons (Fsp3) is 0.650. The minimum absolute atomic E-state index is 0.0674. The Balaban J connectivity index is 1.38. The SMILES string of the molecule is CCC(=O)NCc1cc2n(n1)CCN(Cc1cn[nH]c1C1CCCCC1)C2. The van der Waals surface area contributed by atoms with E-state index >= 15 is 0 Å². The zero-order valence-corrected chi connectivity index (χ0v) is 16.2. The topological polar surface area (TPSA) is 78.8 Å². The van der Waals surface area contributed by atoms with Crippen molar-refractivity contribution in [1.82, 2.24) is 30.2 Å². The second-order valence-electron chi connectivity index (χ2n) is 7.83. The molecule has 146 valence electrons. The van der Waals surface area contributed by atoms with E-state index in [0.717, 1.165) is 31.9 Å². The van der Waals surface area contributed by atoms with Crippen LogP contribution >= 0.6 is 0 Å².